The highest BCUT2D eigenvalue weighted by molar-refractivity contribution is 7.89. The van der Waals surface area contributed by atoms with E-state index in [-0.39, 0.29) is 29.8 Å². The lowest BCUT2D eigenvalue weighted by molar-refractivity contribution is 0.127. The molecule has 1 aliphatic rings. The quantitative estimate of drug-likeness (QED) is 0.265. The smallest absolute Gasteiger partial charge is 0.240 e. The maximum absolute atomic E-state index is 12.8. The summed E-state index contributed by atoms with van der Waals surface area (Å²) in [6.45, 7) is 10.7. The average molecular weight is 567 g/mol. The summed E-state index contributed by atoms with van der Waals surface area (Å²) in [5, 5.41) is 25.2. The summed E-state index contributed by atoms with van der Waals surface area (Å²) in [5.41, 5.74) is 2.59. The zero-order valence-electron chi connectivity index (χ0n) is 23.2. The standard InChI is InChI=1S/C32H42N2O5S/c1-4-19-39-29-15-17-30(18-16-29)40(37,38)33-23-28(35)22-27(21-26-12-8-6-9-13-26)25(3)34-31-14-10-5-7-11-24(2)20-32(31)36/h5-13,15-18,27-28,31-36H,2-4,14,19-23H2,1H3/b10-5-,11-7-/t27-,28+,31+,32-/m1/s1. The summed E-state index contributed by atoms with van der Waals surface area (Å²) in [7, 11) is -3.81. The number of benzene rings is 2. The SMILES string of the molecule is C=C1/C=C\C=C/C[C@H](NC(=C)[C@H](Cc2ccccc2)C[C@H](O)CNS(=O)(=O)c2ccc(OCCC)cc2)[C@H](O)C1. The first-order valence-electron chi connectivity index (χ1n) is 13.8. The van der Waals surface area contributed by atoms with E-state index in [0.717, 1.165) is 17.6 Å². The van der Waals surface area contributed by atoms with E-state index >= 15 is 0 Å². The lowest BCUT2D eigenvalue weighted by Crippen LogP contribution is -2.41. The number of ether oxygens (including phenoxy) is 1. The Kier molecular flexibility index (Phi) is 12.2. The van der Waals surface area contributed by atoms with Crippen LogP contribution >= 0.6 is 0 Å². The summed E-state index contributed by atoms with van der Waals surface area (Å²) >= 11 is 0. The third-order valence-corrected chi connectivity index (χ3v) is 8.21. The van der Waals surface area contributed by atoms with Crippen molar-refractivity contribution >= 4 is 10.0 Å². The number of aliphatic hydroxyl groups is 2. The van der Waals surface area contributed by atoms with E-state index in [4.69, 9.17) is 4.74 Å². The van der Waals surface area contributed by atoms with Gasteiger partial charge in [-0.3, -0.25) is 0 Å². The topological polar surface area (TPSA) is 108 Å². The zero-order valence-corrected chi connectivity index (χ0v) is 24.0. The first-order valence-corrected chi connectivity index (χ1v) is 15.2. The molecule has 0 heterocycles. The van der Waals surface area contributed by atoms with Crippen molar-refractivity contribution < 1.29 is 23.4 Å². The van der Waals surface area contributed by atoms with Crippen LogP contribution in [0.2, 0.25) is 0 Å². The van der Waals surface area contributed by atoms with Crippen LogP contribution in [0.25, 0.3) is 0 Å². The van der Waals surface area contributed by atoms with Crippen molar-refractivity contribution in [3.05, 3.63) is 109 Å². The molecule has 40 heavy (non-hydrogen) atoms. The molecule has 0 aromatic heterocycles. The van der Waals surface area contributed by atoms with Gasteiger partial charge in [-0.15, -0.1) is 0 Å². The van der Waals surface area contributed by atoms with Crippen LogP contribution < -0.4 is 14.8 Å². The lowest BCUT2D eigenvalue weighted by Gasteiger charge is -2.30. The van der Waals surface area contributed by atoms with Crippen LogP contribution in [0, 0.1) is 5.92 Å². The maximum Gasteiger partial charge on any atom is 0.240 e. The number of hydrogen-bond donors (Lipinski definition) is 4. The lowest BCUT2D eigenvalue weighted by atomic mass is 9.90. The molecule has 0 saturated heterocycles. The third kappa shape index (κ3) is 10.1. The molecule has 7 nitrogen and oxygen atoms in total. The molecule has 2 aromatic rings. The molecule has 2 aromatic carbocycles. The largest absolute Gasteiger partial charge is 0.494 e. The number of allylic oxidation sites excluding steroid dienone is 4. The fourth-order valence-electron chi connectivity index (χ4n) is 4.53. The maximum atomic E-state index is 12.8. The first-order chi connectivity index (χ1) is 19.2. The van der Waals surface area contributed by atoms with Gasteiger partial charge in [0.05, 0.1) is 29.8 Å². The first kappa shape index (κ1) is 31.4. The van der Waals surface area contributed by atoms with Gasteiger partial charge < -0.3 is 20.3 Å². The fourth-order valence-corrected chi connectivity index (χ4v) is 5.60. The van der Waals surface area contributed by atoms with Crippen molar-refractivity contribution in [1.29, 1.82) is 0 Å². The van der Waals surface area contributed by atoms with Gasteiger partial charge >= 0.3 is 0 Å². The highest BCUT2D eigenvalue weighted by atomic mass is 32.2. The minimum atomic E-state index is -3.81. The Labute approximate surface area is 239 Å². The van der Waals surface area contributed by atoms with Gasteiger partial charge in [0, 0.05) is 18.2 Å². The van der Waals surface area contributed by atoms with E-state index in [0.29, 0.717) is 37.3 Å². The third-order valence-electron chi connectivity index (χ3n) is 6.77. The molecule has 0 unspecified atom stereocenters. The highest BCUT2D eigenvalue weighted by Crippen LogP contribution is 2.23. The summed E-state index contributed by atoms with van der Waals surface area (Å²) in [6, 6.07) is 15.8. The highest BCUT2D eigenvalue weighted by Gasteiger charge is 2.25. The molecule has 1 aliphatic carbocycles. The fraction of sp³-hybridized carbons (Fsp3) is 0.375. The average Bonchev–Trinajstić information content (AvgIpc) is 3.01. The van der Waals surface area contributed by atoms with E-state index in [1.165, 1.54) is 12.1 Å². The number of aliphatic hydroxyl groups excluding tert-OH is 2. The van der Waals surface area contributed by atoms with Gasteiger partial charge in [-0.05, 0) is 61.9 Å². The van der Waals surface area contributed by atoms with Crippen LogP contribution in [0.1, 0.15) is 38.2 Å². The van der Waals surface area contributed by atoms with E-state index in [2.05, 4.69) is 23.2 Å². The summed E-state index contributed by atoms with van der Waals surface area (Å²) in [4.78, 5) is 0.105. The van der Waals surface area contributed by atoms with E-state index < -0.39 is 22.2 Å². The Bertz CT molecular complexity index is 1260. The summed E-state index contributed by atoms with van der Waals surface area (Å²) in [6.07, 6.45) is 8.88. The molecule has 0 fully saturated rings. The number of rotatable bonds is 14. The Morgan fingerprint density at radius 2 is 1.85 bits per heavy atom. The van der Waals surface area contributed by atoms with Gasteiger partial charge in [0.15, 0.2) is 0 Å². The van der Waals surface area contributed by atoms with Crippen molar-refractivity contribution in [2.45, 2.75) is 62.2 Å². The molecule has 4 N–H and O–H groups in total. The molecule has 0 bridgehead atoms. The summed E-state index contributed by atoms with van der Waals surface area (Å²) < 4.78 is 33.7. The molecule has 4 atom stereocenters. The van der Waals surface area contributed by atoms with Gasteiger partial charge in [-0.1, -0.05) is 80.3 Å². The molecule has 0 spiro atoms. The second kappa shape index (κ2) is 15.6. The predicted octanol–water partition coefficient (Wildman–Crippen LogP) is 4.66. The van der Waals surface area contributed by atoms with E-state index in [9.17, 15) is 18.6 Å². The van der Waals surface area contributed by atoms with Crippen molar-refractivity contribution in [3.8, 4) is 5.75 Å². The van der Waals surface area contributed by atoms with Crippen molar-refractivity contribution in [2.75, 3.05) is 13.2 Å². The molecular formula is C32H42N2O5S. The Morgan fingerprint density at radius 3 is 2.55 bits per heavy atom. The number of sulfonamides is 1. The van der Waals surface area contributed by atoms with Crippen molar-refractivity contribution in [1.82, 2.24) is 10.0 Å². The van der Waals surface area contributed by atoms with Crippen LogP contribution in [0.15, 0.2) is 108 Å². The van der Waals surface area contributed by atoms with Crippen molar-refractivity contribution in [3.63, 3.8) is 0 Å². The van der Waals surface area contributed by atoms with Gasteiger partial charge in [0.2, 0.25) is 10.0 Å². The molecule has 8 heteroatoms. The van der Waals surface area contributed by atoms with Gasteiger partial charge in [-0.2, -0.15) is 0 Å². The van der Waals surface area contributed by atoms with Crippen LogP contribution in [0.5, 0.6) is 5.75 Å². The van der Waals surface area contributed by atoms with Gasteiger partial charge in [-0.25, -0.2) is 13.1 Å². The molecule has 216 valence electrons. The number of nitrogens with one attached hydrogen (secondary N) is 2. The van der Waals surface area contributed by atoms with Gasteiger partial charge in [0.25, 0.3) is 0 Å². The monoisotopic (exact) mass is 566 g/mol. The minimum Gasteiger partial charge on any atom is -0.494 e. The van der Waals surface area contributed by atoms with Gasteiger partial charge in [0.1, 0.15) is 5.75 Å². The summed E-state index contributed by atoms with van der Waals surface area (Å²) in [5.74, 6) is 0.402. The second-order valence-electron chi connectivity index (χ2n) is 10.2. The van der Waals surface area contributed by atoms with Crippen molar-refractivity contribution in [2.24, 2.45) is 5.92 Å². The van der Waals surface area contributed by atoms with E-state index in [1.807, 2.05) is 61.6 Å². The molecule has 0 radical (unpaired) electrons. The second-order valence-corrected chi connectivity index (χ2v) is 11.9. The van der Waals surface area contributed by atoms with Crippen LogP contribution in [0.4, 0.5) is 0 Å². The van der Waals surface area contributed by atoms with E-state index in [1.54, 1.807) is 12.1 Å². The Balaban J connectivity index is 1.66. The zero-order chi connectivity index (χ0) is 29.0. The Morgan fingerprint density at radius 1 is 1.12 bits per heavy atom. The van der Waals surface area contributed by atoms with Crippen LogP contribution in [-0.4, -0.2) is 50.0 Å². The predicted molar refractivity (Wildman–Crippen MR) is 160 cm³/mol. The molecule has 0 amide bonds. The van der Waals surface area contributed by atoms with Crippen LogP contribution in [0.3, 0.4) is 0 Å². The van der Waals surface area contributed by atoms with Crippen LogP contribution in [-0.2, 0) is 16.4 Å². The molecule has 3 rings (SSSR count). The minimum absolute atomic E-state index is 0.105. The molecule has 0 aliphatic heterocycles. The molecular weight excluding hydrogens is 524 g/mol. The normalized spacial score (nSPS) is 20.8. The Hall–Kier alpha value is -3.17. The number of hydrogen-bond acceptors (Lipinski definition) is 6. The molecule has 0 saturated carbocycles.